The summed E-state index contributed by atoms with van der Waals surface area (Å²) >= 11 is 0. The van der Waals surface area contributed by atoms with Crippen LogP contribution in [0.4, 0.5) is 26.4 Å². The van der Waals surface area contributed by atoms with Crippen molar-refractivity contribution in [3.05, 3.63) is 71.7 Å². The van der Waals surface area contributed by atoms with Crippen LogP contribution < -0.4 is 15.5 Å². The maximum atomic E-state index is 14.5. The topological polar surface area (TPSA) is 128 Å². The molecule has 0 bridgehead atoms. The van der Waals surface area contributed by atoms with Gasteiger partial charge in [-0.25, -0.2) is 19.2 Å². The number of carbonyl (C=O) groups excluding carboxylic acids is 2. The Labute approximate surface area is 253 Å². The minimum absolute atomic E-state index is 0.0729. The van der Waals surface area contributed by atoms with Crippen LogP contribution >= 0.6 is 0 Å². The van der Waals surface area contributed by atoms with Gasteiger partial charge in [0.1, 0.15) is 11.3 Å². The van der Waals surface area contributed by atoms with Crippen LogP contribution in [0.5, 0.6) is 0 Å². The third kappa shape index (κ3) is 6.13. The molecule has 0 radical (unpaired) electrons. The number of nitrogens with zero attached hydrogens (tertiary/aromatic N) is 7. The summed E-state index contributed by atoms with van der Waals surface area (Å²) in [6.07, 6.45) is 3.80. The largest absolute Gasteiger partial charge is 0.378 e. The summed E-state index contributed by atoms with van der Waals surface area (Å²) in [6, 6.07) is 12.6. The molecule has 0 aliphatic carbocycles. The first-order chi connectivity index (χ1) is 21.2. The van der Waals surface area contributed by atoms with E-state index in [1.54, 1.807) is 26.2 Å². The van der Waals surface area contributed by atoms with E-state index in [0.29, 0.717) is 37.8 Å². The maximum absolute atomic E-state index is 14.5. The van der Waals surface area contributed by atoms with Crippen LogP contribution in [0.3, 0.4) is 0 Å². The summed E-state index contributed by atoms with van der Waals surface area (Å²) in [7, 11) is 5.03. The van der Waals surface area contributed by atoms with Crippen molar-refractivity contribution in [3.8, 4) is 11.4 Å². The predicted octanol–water partition coefficient (Wildman–Crippen LogP) is 4.03. The number of carbonyl (C=O) groups is 2. The number of fused-ring (bicyclic) bond motifs is 1. The van der Waals surface area contributed by atoms with E-state index in [9.17, 15) is 14.0 Å². The average Bonchev–Trinajstić information content (AvgIpc) is 3.47. The number of amides is 3. The number of ether oxygens (including phenoxy) is 1. The quantitative estimate of drug-likeness (QED) is 0.341. The van der Waals surface area contributed by atoms with Crippen LogP contribution in [0.2, 0.25) is 0 Å². The normalized spacial score (nSPS) is 16.3. The Morgan fingerprint density at radius 3 is 2.41 bits per heavy atom. The van der Waals surface area contributed by atoms with Crippen molar-refractivity contribution in [2.45, 2.75) is 5.92 Å². The molecule has 2 aromatic carbocycles. The highest BCUT2D eigenvalue weighted by molar-refractivity contribution is 6.00. The number of benzene rings is 2. The molecular weight excluding hydrogens is 565 g/mol. The van der Waals surface area contributed by atoms with E-state index >= 15 is 0 Å². The molecule has 1 atom stereocenters. The number of rotatable bonds is 6. The fraction of sp³-hybridized carbons (Fsp3) is 0.290. The van der Waals surface area contributed by atoms with Gasteiger partial charge in [-0.15, -0.1) is 0 Å². The number of halogens is 1. The SMILES string of the molecule is CN1CC(c2cnc3c(N4CCOCC4)nc(-c4ccc(NC(=O)Nc5ccc(C(=O)N(C)C)c(F)c5)cc4)nc3c2)C=N1. The van der Waals surface area contributed by atoms with E-state index < -0.39 is 17.8 Å². The first-order valence-corrected chi connectivity index (χ1v) is 14.2. The third-order valence-electron chi connectivity index (χ3n) is 7.45. The third-order valence-corrected chi connectivity index (χ3v) is 7.45. The van der Waals surface area contributed by atoms with Crippen LogP contribution in [-0.4, -0.2) is 97.0 Å². The van der Waals surface area contributed by atoms with Gasteiger partial charge in [0.2, 0.25) is 0 Å². The van der Waals surface area contributed by atoms with Gasteiger partial charge in [0, 0.05) is 76.0 Å². The second-order valence-electron chi connectivity index (χ2n) is 10.9. The number of nitrogens with one attached hydrogen (secondary N) is 2. The van der Waals surface area contributed by atoms with Crippen molar-refractivity contribution in [2.24, 2.45) is 5.10 Å². The Balaban J connectivity index is 1.22. The van der Waals surface area contributed by atoms with E-state index in [4.69, 9.17) is 19.7 Å². The van der Waals surface area contributed by atoms with Gasteiger partial charge in [0.05, 0.1) is 24.3 Å². The molecule has 2 aliphatic heterocycles. The monoisotopic (exact) mass is 597 g/mol. The highest BCUT2D eigenvalue weighted by atomic mass is 19.1. The Hall–Kier alpha value is -5.17. The van der Waals surface area contributed by atoms with Crippen molar-refractivity contribution in [1.82, 2.24) is 24.9 Å². The van der Waals surface area contributed by atoms with Crippen LogP contribution in [0.15, 0.2) is 59.8 Å². The maximum Gasteiger partial charge on any atom is 0.323 e. The smallest absolute Gasteiger partial charge is 0.323 e. The Kier molecular flexibility index (Phi) is 8.03. The molecule has 0 spiro atoms. The van der Waals surface area contributed by atoms with Gasteiger partial charge in [0.25, 0.3) is 5.91 Å². The van der Waals surface area contributed by atoms with Crippen molar-refractivity contribution < 1.29 is 18.7 Å². The van der Waals surface area contributed by atoms with E-state index in [-0.39, 0.29) is 17.2 Å². The lowest BCUT2D eigenvalue weighted by atomic mass is 10.0. The number of hydrogen-bond acceptors (Lipinski definition) is 9. The fourth-order valence-corrected chi connectivity index (χ4v) is 5.11. The molecule has 3 amide bonds. The molecule has 1 unspecified atom stereocenters. The van der Waals surface area contributed by atoms with Crippen molar-refractivity contribution in [3.63, 3.8) is 0 Å². The van der Waals surface area contributed by atoms with Crippen LogP contribution in [0.1, 0.15) is 21.8 Å². The molecule has 44 heavy (non-hydrogen) atoms. The molecule has 226 valence electrons. The van der Waals surface area contributed by atoms with Gasteiger partial charge in [0.15, 0.2) is 11.6 Å². The number of aromatic nitrogens is 3. The van der Waals surface area contributed by atoms with Crippen LogP contribution in [0.25, 0.3) is 22.4 Å². The fourth-order valence-electron chi connectivity index (χ4n) is 5.11. The van der Waals surface area contributed by atoms with E-state index in [1.165, 1.54) is 17.0 Å². The van der Waals surface area contributed by atoms with Gasteiger partial charge < -0.3 is 25.2 Å². The molecule has 4 aromatic rings. The van der Waals surface area contributed by atoms with Gasteiger partial charge in [-0.1, -0.05) is 0 Å². The first-order valence-electron chi connectivity index (χ1n) is 14.2. The van der Waals surface area contributed by atoms with Gasteiger partial charge in [-0.3, -0.25) is 14.8 Å². The minimum Gasteiger partial charge on any atom is -0.378 e. The molecule has 1 fully saturated rings. The number of hydrogen-bond donors (Lipinski definition) is 2. The predicted molar refractivity (Wildman–Crippen MR) is 167 cm³/mol. The zero-order valence-corrected chi connectivity index (χ0v) is 24.6. The molecular formula is C31H32FN9O3. The van der Waals surface area contributed by atoms with E-state index in [0.717, 1.165) is 40.6 Å². The zero-order chi connectivity index (χ0) is 30.8. The second kappa shape index (κ2) is 12.2. The molecule has 2 aliphatic rings. The highest BCUT2D eigenvalue weighted by Crippen LogP contribution is 2.30. The molecule has 0 saturated carbocycles. The molecule has 12 nitrogen and oxygen atoms in total. The van der Waals surface area contributed by atoms with Crippen LogP contribution in [-0.2, 0) is 4.74 Å². The van der Waals surface area contributed by atoms with E-state index in [2.05, 4.69) is 26.7 Å². The average molecular weight is 598 g/mol. The Bertz CT molecular complexity index is 1740. The number of pyridine rings is 1. The number of urea groups is 1. The number of anilines is 3. The Morgan fingerprint density at radius 1 is 1.00 bits per heavy atom. The van der Waals surface area contributed by atoms with Crippen LogP contribution in [0, 0.1) is 5.82 Å². The van der Waals surface area contributed by atoms with Crippen molar-refractivity contribution in [1.29, 1.82) is 0 Å². The van der Waals surface area contributed by atoms with Gasteiger partial charge >= 0.3 is 6.03 Å². The summed E-state index contributed by atoms with van der Waals surface area (Å²) in [5.41, 5.74) is 3.94. The van der Waals surface area contributed by atoms with Gasteiger partial charge in [-0.2, -0.15) is 5.10 Å². The molecule has 2 aromatic heterocycles. The molecule has 1 saturated heterocycles. The van der Waals surface area contributed by atoms with E-state index in [1.807, 2.05) is 36.6 Å². The van der Waals surface area contributed by atoms with Crippen molar-refractivity contribution >= 4 is 46.4 Å². The molecule has 2 N–H and O–H groups in total. The number of morpholine rings is 1. The summed E-state index contributed by atoms with van der Waals surface area (Å²) in [5.74, 6) is 0.245. The first kappa shape index (κ1) is 28.9. The van der Waals surface area contributed by atoms with Crippen molar-refractivity contribution in [2.75, 3.05) is 69.5 Å². The number of likely N-dealkylation sites (N-methyl/N-ethyl adjacent to an activating group) is 1. The lowest BCUT2D eigenvalue weighted by molar-refractivity contribution is 0.0823. The zero-order valence-electron chi connectivity index (χ0n) is 24.6. The minimum atomic E-state index is -0.719. The summed E-state index contributed by atoms with van der Waals surface area (Å²) < 4.78 is 20.0. The lowest BCUT2D eigenvalue weighted by Gasteiger charge is -2.28. The summed E-state index contributed by atoms with van der Waals surface area (Å²) in [4.78, 5) is 42.7. The lowest BCUT2D eigenvalue weighted by Crippen LogP contribution is -2.37. The second-order valence-corrected chi connectivity index (χ2v) is 10.9. The highest BCUT2D eigenvalue weighted by Gasteiger charge is 2.22. The molecule has 4 heterocycles. The summed E-state index contributed by atoms with van der Waals surface area (Å²) in [6.45, 7) is 3.39. The molecule has 13 heteroatoms. The Morgan fingerprint density at radius 2 is 1.73 bits per heavy atom. The number of hydrazone groups is 1. The van der Waals surface area contributed by atoms with Gasteiger partial charge in [-0.05, 0) is 54.1 Å². The summed E-state index contributed by atoms with van der Waals surface area (Å²) in [5, 5.41) is 11.6. The standard InChI is InChI=1S/C31H32FN9O3/c1-39(2)30(42)24-9-8-23(15-25(24)32)36-31(43)35-22-6-4-19(5-7-22)28-37-26-14-20(21-17-34-40(3)18-21)16-33-27(26)29(38-28)41-10-12-44-13-11-41/h4-9,14-17,21H,10-13,18H2,1-3H3,(H2,35,36,43). The molecule has 6 rings (SSSR count).